The van der Waals surface area contributed by atoms with Gasteiger partial charge in [-0.1, -0.05) is 38.0 Å². The first-order chi connectivity index (χ1) is 14.9. The smallest absolute Gasteiger partial charge is 0.359 e. The highest BCUT2D eigenvalue weighted by Crippen LogP contribution is 2.36. The van der Waals surface area contributed by atoms with E-state index in [-0.39, 0.29) is 29.9 Å². The van der Waals surface area contributed by atoms with Gasteiger partial charge in [0.15, 0.2) is 5.69 Å². The van der Waals surface area contributed by atoms with Gasteiger partial charge in [-0.3, -0.25) is 14.5 Å². The van der Waals surface area contributed by atoms with Gasteiger partial charge in [0.1, 0.15) is 11.2 Å². The Labute approximate surface area is 181 Å². The zero-order valence-corrected chi connectivity index (χ0v) is 18.2. The second-order valence-corrected chi connectivity index (χ2v) is 8.41. The lowest BCUT2D eigenvalue weighted by Gasteiger charge is -2.44. The van der Waals surface area contributed by atoms with Crippen molar-refractivity contribution in [1.82, 2.24) is 14.9 Å². The Bertz CT molecular complexity index is 1020. The molecule has 0 saturated heterocycles. The number of hydrogen-bond acceptors (Lipinski definition) is 5. The molecule has 4 rings (SSSR count). The number of hydrogen-bond donors (Lipinski definition) is 1. The molecular weight excluding hydrogens is 396 g/mol. The predicted molar refractivity (Wildman–Crippen MR) is 115 cm³/mol. The summed E-state index contributed by atoms with van der Waals surface area (Å²) in [5.74, 6) is -1.31. The van der Waals surface area contributed by atoms with E-state index in [1.807, 2.05) is 31.2 Å². The van der Waals surface area contributed by atoms with E-state index < -0.39 is 17.4 Å². The number of imidazole rings is 1. The van der Waals surface area contributed by atoms with Gasteiger partial charge in [0.05, 0.1) is 20.0 Å². The zero-order chi connectivity index (χ0) is 22.2. The summed E-state index contributed by atoms with van der Waals surface area (Å²) in [4.78, 5) is 45.3. The van der Waals surface area contributed by atoms with Crippen LogP contribution in [0.15, 0.2) is 30.6 Å². The number of benzene rings is 1. The summed E-state index contributed by atoms with van der Waals surface area (Å²) < 4.78 is 6.41. The number of anilines is 1. The van der Waals surface area contributed by atoms with Gasteiger partial charge < -0.3 is 14.6 Å². The number of fused-ring (bicyclic) bond motifs is 1. The van der Waals surface area contributed by atoms with E-state index in [0.717, 1.165) is 31.2 Å². The van der Waals surface area contributed by atoms with E-state index in [4.69, 9.17) is 4.74 Å². The number of para-hydroxylation sites is 1. The lowest BCUT2D eigenvalue weighted by atomic mass is 9.91. The Hall–Kier alpha value is -3.16. The summed E-state index contributed by atoms with van der Waals surface area (Å²) in [7, 11) is 1.25. The number of methoxy groups -OCH3 is 1. The van der Waals surface area contributed by atoms with Gasteiger partial charge in [0, 0.05) is 11.7 Å². The average Bonchev–Trinajstić information content (AvgIpc) is 3.43. The molecule has 1 aliphatic carbocycles. The number of aromatic nitrogens is 2. The number of carbonyl (C=O) groups excluding carboxylic acids is 3. The number of amides is 2. The summed E-state index contributed by atoms with van der Waals surface area (Å²) in [5, 5.41) is 3.16. The second-order valence-electron chi connectivity index (χ2n) is 8.41. The van der Waals surface area contributed by atoms with Gasteiger partial charge in [-0.05, 0) is 37.8 Å². The third-order valence-corrected chi connectivity index (χ3v) is 6.39. The van der Waals surface area contributed by atoms with Crippen LogP contribution in [0.2, 0.25) is 0 Å². The molecule has 1 aromatic heterocycles. The Morgan fingerprint density at radius 3 is 2.65 bits per heavy atom. The van der Waals surface area contributed by atoms with Crippen LogP contribution in [0.4, 0.5) is 5.69 Å². The maximum Gasteiger partial charge on any atom is 0.359 e. The van der Waals surface area contributed by atoms with E-state index in [0.29, 0.717) is 12.1 Å². The molecule has 31 heavy (non-hydrogen) atoms. The molecule has 2 heterocycles. The number of ether oxygens (including phenoxy) is 1. The van der Waals surface area contributed by atoms with E-state index in [1.54, 1.807) is 16.4 Å². The maximum atomic E-state index is 13.8. The first-order valence-electron chi connectivity index (χ1n) is 10.8. The van der Waals surface area contributed by atoms with Crippen LogP contribution in [0.3, 0.4) is 0 Å². The summed E-state index contributed by atoms with van der Waals surface area (Å²) >= 11 is 0. The fourth-order valence-corrected chi connectivity index (χ4v) is 4.69. The molecule has 0 bridgehead atoms. The monoisotopic (exact) mass is 424 g/mol. The van der Waals surface area contributed by atoms with Crippen LogP contribution in [0.1, 0.15) is 66.1 Å². The van der Waals surface area contributed by atoms with Gasteiger partial charge in [-0.25, -0.2) is 9.78 Å². The average molecular weight is 425 g/mol. The molecule has 2 aliphatic rings. The van der Waals surface area contributed by atoms with Gasteiger partial charge in [-0.15, -0.1) is 0 Å². The van der Waals surface area contributed by atoms with Crippen molar-refractivity contribution in [3.05, 3.63) is 47.5 Å². The van der Waals surface area contributed by atoms with Crippen LogP contribution in [0.25, 0.3) is 0 Å². The normalized spacial score (nSPS) is 21.1. The number of aryl methyl sites for hydroxylation is 1. The Balaban J connectivity index is 1.84. The Morgan fingerprint density at radius 1 is 1.26 bits per heavy atom. The van der Waals surface area contributed by atoms with Crippen molar-refractivity contribution in [2.24, 2.45) is 0 Å². The molecule has 1 N–H and O–H groups in total. The fraction of sp³-hybridized carbons (Fsp3) is 0.478. The number of nitrogens with one attached hydrogen (secondary N) is 1. The molecule has 1 aliphatic heterocycles. The predicted octanol–water partition coefficient (Wildman–Crippen LogP) is 2.71. The first kappa shape index (κ1) is 21.1. The lowest BCUT2D eigenvalue weighted by molar-refractivity contribution is -0.127. The van der Waals surface area contributed by atoms with Crippen molar-refractivity contribution >= 4 is 23.5 Å². The van der Waals surface area contributed by atoms with Crippen molar-refractivity contribution in [3.63, 3.8) is 0 Å². The molecule has 8 nitrogen and oxygen atoms in total. The molecule has 1 fully saturated rings. The summed E-state index contributed by atoms with van der Waals surface area (Å²) in [6.45, 7) is 3.98. The zero-order valence-electron chi connectivity index (χ0n) is 18.2. The second kappa shape index (κ2) is 8.17. The topological polar surface area (TPSA) is 93.5 Å². The van der Waals surface area contributed by atoms with Crippen LogP contribution in [0, 0.1) is 0 Å². The molecule has 1 atom stereocenters. The molecule has 0 unspecified atom stereocenters. The number of nitrogens with zero attached hydrogens (tertiary/aromatic N) is 3. The van der Waals surface area contributed by atoms with Gasteiger partial charge >= 0.3 is 5.97 Å². The quantitative estimate of drug-likeness (QED) is 0.745. The third-order valence-electron chi connectivity index (χ3n) is 6.39. The standard InChI is InChI=1S/C23H28N4O4/c1-4-15-9-5-8-12-17(15)27-20(28)19-18(21(29)31-3)24-14-26(19)13-23(27,2)22(30)25-16-10-6-7-11-16/h5,8-9,12,14,16H,4,6-7,10-11,13H2,1-3H3,(H,25,30)/t23-/m1/s1. The lowest BCUT2D eigenvalue weighted by Crippen LogP contribution is -2.65. The van der Waals surface area contributed by atoms with Gasteiger partial charge in [-0.2, -0.15) is 0 Å². The summed E-state index contributed by atoms with van der Waals surface area (Å²) in [5.41, 5.74) is 0.547. The molecule has 164 valence electrons. The molecule has 2 amide bonds. The highest BCUT2D eigenvalue weighted by atomic mass is 16.5. The van der Waals surface area contributed by atoms with E-state index in [1.165, 1.54) is 13.4 Å². The maximum absolute atomic E-state index is 13.8. The fourth-order valence-electron chi connectivity index (χ4n) is 4.69. The van der Waals surface area contributed by atoms with Crippen molar-refractivity contribution in [2.75, 3.05) is 12.0 Å². The number of rotatable bonds is 5. The van der Waals surface area contributed by atoms with Crippen LogP contribution in [-0.4, -0.2) is 46.0 Å². The third kappa shape index (κ3) is 3.49. The number of esters is 1. The SMILES string of the molecule is CCc1ccccc1N1C(=O)c2c(C(=O)OC)ncn2C[C@]1(C)C(=O)NC1CCCC1. The van der Waals surface area contributed by atoms with E-state index in [2.05, 4.69) is 10.3 Å². The van der Waals surface area contributed by atoms with Crippen LogP contribution in [-0.2, 0) is 22.5 Å². The Morgan fingerprint density at radius 2 is 1.97 bits per heavy atom. The minimum Gasteiger partial charge on any atom is -0.464 e. The van der Waals surface area contributed by atoms with Crippen LogP contribution in [0.5, 0.6) is 0 Å². The summed E-state index contributed by atoms with van der Waals surface area (Å²) in [6.07, 6.45) is 6.22. The molecule has 0 spiro atoms. The highest BCUT2D eigenvalue weighted by molar-refractivity contribution is 6.15. The molecule has 1 aromatic carbocycles. The molecule has 2 aromatic rings. The minimum absolute atomic E-state index is 0.0373. The summed E-state index contributed by atoms with van der Waals surface area (Å²) in [6, 6.07) is 7.69. The minimum atomic E-state index is -1.17. The molecular formula is C23H28N4O4. The molecule has 1 saturated carbocycles. The largest absolute Gasteiger partial charge is 0.464 e. The Kier molecular flexibility index (Phi) is 5.56. The molecule has 8 heteroatoms. The van der Waals surface area contributed by atoms with Crippen LogP contribution < -0.4 is 10.2 Å². The van der Waals surface area contributed by atoms with Crippen molar-refractivity contribution in [3.8, 4) is 0 Å². The molecule has 0 radical (unpaired) electrons. The first-order valence-corrected chi connectivity index (χ1v) is 10.8. The highest BCUT2D eigenvalue weighted by Gasteiger charge is 2.50. The van der Waals surface area contributed by atoms with Crippen molar-refractivity contribution < 1.29 is 19.1 Å². The number of carbonyl (C=O) groups is 3. The van der Waals surface area contributed by atoms with Crippen LogP contribution >= 0.6 is 0 Å². The van der Waals surface area contributed by atoms with E-state index in [9.17, 15) is 14.4 Å². The van der Waals surface area contributed by atoms with E-state index >= 15 is 0 Å². The van der Waals surface area contributed by atoms with Gasteiger partial charge in [0.25, 0.3) is 5.91 Å². The van der Waals surface area contributed by atoms with Gasteiger partial charge in [0.2, 0.25) is 5.91 Å². The van der Waals surface area contributed by atoms with Crippen molar-refractivity contribution in [2.45, 2.75) is 64.1 Å². The van der Waals surface area contributed by atoms with Crippen molar-refractivity contribution in [1.29, 1.82) is 0 Å².